The van der Waals surface area contributed by atoms with Crippen LogP contribution in [0.3, 0.4) is 0 Å². The van der Waals surface area contributed by atoms with Gasteiger partial charge in [-0.05, 0) is 74.6 Å². The summed E-state index contributed by atoms with van der Waals surface area (Å²) < 4.78 is 33.0. The predicted molar refractivity (Wildman–Crippen MR) is 121 cm³/mol. The summed E-state index contributed by atoms with van der Waals surface area (Å²) in [7, 11) is 0. The number of hydrogen-bond acceptors (Lipinski definition) is 3. The Hall–Kier alpha value is -2.96. The molecule has 0 saturated carbocycles. The summed E-state index contributed by atoms with van der Waals surface area (Å²) in [5.74, 6) is -0.441. The lowest BCUT2D eigenvalue weighted by atomic mass is 9.77. The second-order valence-electron chi connectivity index (χ2n) is 9.20. The van der Waals surface area contributed by atoms with Gasteiger partial charge in [0.1, 0.15) is 17.4 Å². The molecule has 0 spiro atoms. The zero-order valence-corrected chi connectivity index (χ0v) is 18.8. The molecule has 5 nitrogen and oxygen atoms in total. The number of halogens is 2. The number of carbonyl (C=O) groups is 2. The molecule has 0 bridgehead atoms. The van der Waals surface area contributed by atoms with Gasteiger partial charge >= 0.3 is 0 Å². The highest BCUT2D eigenvalue weighted by Gasteiger charge is 2.41. The molecule has 7 heteroatoms. The van der Waals surface area contributed by atoms with Crippen LogP contribution in [0.5, 0.6) is 5.75 Å². The average molecular weight is 457 g/mol. The van der Waals surface area contributed by atoms with E-state index in [1.807, 2.05) is 4.90 Å². The first-order valence-corrected chi connectivity index (χ1v) is 11.7. The third-order valence-corrected chi connectivity index (χ3v) is 6.61. The van der Waals surface area contributed by atoms with E-state index < -0.39 is 11.2 Å². The fourth-order valence-corrected chi connectivity index (χ4v) is 4.84. The molecule has 2 aromatic carbocycles. The number of piperidine rings is 2. The molecule has 0 N–H and O–H groups in total. The summed E-state index contributed by atoms with van der Waals surface area (Å²) in [6.45, 7) is 2.67. The first-order valence-electron chi connectivity index (χ1n) is 11.7. The van der Waals surface area contributed by atoms with Crippen molar-refractivity contribution in [2.24, 2.45) is 5.41 Å². The van der Waals surface area contributed by atoms with Crippen LogP contribution in [-0.4, -0.2) is 54.4 Å². The summed E-state index contributed by atoms with van der Waals surface area (Å²) in [6.07, 6.45) is 4.89. The topological polar surface area (TPSA) is 49.9 Å². The number of ether oxygens (including phenoxy) is 1. The molecule has 0 unspecified atom stereocenters. The SMILES string of the molecule is O=C(C[C@]1(COc2ccc(F)cc2)CCCN(C(=O)c2cccc(F)c2)C1)N1CCCCC1. The van der Waals surface area contributed by atoms with Crippen LogP contribution < -0.4 is 4.74 Å². The maximum Gasteiger partial charge on any atom is 0.253 e. The van der Waals surface area contributed by atoms with Crippen molar-refractivity contribution < 1.29 is 23.1 Å². The molecule has 2 amide bonds. The zero-order valence-electron chi connectivity index (χ0n) is 18.8. The van der Waals surface area contributed by atoms with Crippen LogP contribution in [0, 0.1) is 17.0 Å². The maximum absolute atomic E-state index is 13.7. The number of amides is 2. The van der Waals surface area contributed by atoms with Crippen LogP contribution in [0.15, 0.2) is 48.5 Å². The van der Waals surface area contributed by atoms with E-state index in [0.717, 1.165) is 45.2 Å². The van der Waals surface area contributed by atoms with Crippen molar-refractivity contribution in [2.45, 2.75) is 38.5 Å². The van der Waals surface area contributed by atoms with Crippen LogP contribution in [-0.2, 0) is 4.79 Å². The van der Waals surface area contributed by atoms with Crippen LogP contribution in [0.2, 0.25) is 0 Å². The Kier molecular flexibility index (Phi) is 7.26. The highest BCUT2D eigenvalue weighted by Crippen LogP contribution is 2.36. The number of likely N-dealkylation sites (tertiary alicyclic amines) is 2. The van der Waals surface area contributed by atoms with Gasteiger partial charge in [-0.2, -0.15) is 0 Å². The van der Waals surface area contributed by atoms with Crippen LogP contribution in [0.4, 0.5) is 8.78 Å². The van der Waals surface area contributed by atoms with Gasteiger partial charge in [0, 0.05) is 43.6 Å². The summed E-state index contributed by atoms with van der Waals surface area (Å²) in [6, 6.07) is 11.5. The third kappa shape index (κ3) is 5.89. The number of nitrogens with zero attached hydrogens (tertiary/aromatic N) is 2. The number of hydrogen-bond donors (Lipinski definition) is 0. The fourth-order valence-electron chi connectivity index (χ4n) is 4.84. The molecule has 2 aliphatic rings. The third-order valence-electron chi connectivity index (χ3n) is 6.61. The van der Waals surface area contributed by atoms with Crippen LogP contribution >= 0.6 is 0 Å². The Labute approximate surface area is 193 Å². The molecule has 2 saturated heterocycles. The van der Waals surface area contributed by atoms with Gasteiger partial charge in [0.05, 0.1) is 6.61 Å². The minimum absolute atomic E-state index is 0.0810. The van der Waals surface area contributed by atoms with Crippen molar-refractivity contribution in [1.82, 2.24) is 9.80 Å². The molecule has 4 rings (SSSR count). The van der Waals surface area contributed by atoms with E-state index in [9.17, 15) is 18.4 Å². The molecule has 2 aromatic rings. The van der Waals surface area contributed by atoms with Gasteiger partial charge in [0.15, 0.2) is 0 Å². The summed E-state index contributed by atoms with van der Waals surface area (Å²) in [5, 5.41) is 0. The van der Waals surface area contributed by atoms with E-state index in [4.69, 9.17) is 4.74 Å². The van der Waals surface area contributed by atoms with E-state index in [0.29, 0.717) is 24.4 Å². The molecule has 2 aliphatic heterocycles. The molecule has 1 atom stereocenters. The smallest absolute Gasteiger partial charge is 0.253 e. The van der Waals surface area contributed by atoms with Crippen LogP contribution in [0.25, 0.3) is 0 Å². The highest BCUT2D eigenvalue weighted by atomic mass is 19.1. The van der Waals surface area contributed by atoms with Gasteiger partial charge in [-0.25, -0.2) is 8.78 Å². The lowest BCUT2D eigenvalue weighted by Crippen LogP contribution is -2.51. The lowest BCUT2D eigenvalue weighted by molar-refractivity contribution is -0.136. The van der Waals surface area contributed by atoms with Crippen molar-refractivity contribution in [3.63, 3.8) is 0 Å². The monoisotopic (exact) mass is 456 g/mol. The van der Waals surface area contributed by atoms with Gasteiger partial charge in [0.2, 0.25) is 5.91 Å². The zero-order chi connectivity index (χ0) is 23.3. The average Bonchev–Trinajstić information content (AvgIpc) is 2.84. The normalized spacial score (nSPS) is 21.0. The largest absolute Gasteiger partial charge is 0.493 e. The van der Waals surface area contributed by atoms with E-state index in [1.165, 1.54) is 30.3 Å². The number of benzene rings is 2. The van der Waals surface area contributed by atoms with Gasteiger partial charge in [-0.3, -0.25) is 9.59 Å². The highest BCUT2D eigenvalue weighted by molar-refractivity contribution is 5.94. The van der Waals surface area contributed by atoms with Gasteiger partial charge in [0.25, 0.3) is 5.91 Å². The summed E-state index contributed by atoms with van der Waals surface area (Å²) in [4.78, 5) is 29.9. The quantitative estimate of drug-likeness (QED) is 0.635. The van der Waals surface area contributed by atoms with Gasteiger partial charge < -0.3 is 14.5 Å². The Morgan fingerprint density at radius 2 is 1.61 bits per heavy atom. The molecule has 2 heterocycles. The Morgan fingerprint density at radius 1 is 0.879 bits per heavy atom. The molecule has 0 aromatic heterocycles. The predicted octanol–water partition coefficient (Wildman–Crippen LogP) is 4.67. The number of rotatable bonds is 6. The van der Waals surface area contributed by atoms with E-state index >= 15 is 0 Å². The molecular weight excluding hydrogens is 426 g/mol. The molecular formula is C26H30F2N2O3. The lowest BCUT2D eigenvalue weighted by Gasteiger charge is -2.43. The second kappa shape index (κ2) is 10.3. The first kappa shape index (κ1) is 23.2. The molecule has 33 heavy (non-hydrogen) atoms. The molecule has 0 radical (unpaired) electrons. The summed E-state index contributed by atoms with van der Waals surface area (Å²) in [5.41, 5.74) is -0.267. The van der Waals surface area contributed by atoms with Crippen molar-refractivity contribution in [1.29, 1.82) is 0 Å². The standard InChI is InChI=1S/C26H30F2N2O3/c27-21-8-10-23(11-9-21)33-19-26(17-24(31)29-13-2-1-3-14-29)12-5-15-30(18-26)25(32)20-6-4-7-22(28)16-20/h4,6-11,16H,1-3,5,12-15,17-19H2/t26-/m1/s1. The van der Waals surface area contributed by atoms with Crippen molar-refractivity contribution in [3.05, 3.63) is 65.7 Å². The van der Waals surface area contributed by atoms with Crippen molar-refractivity contribution >= 4 is 11.8 Å². The molecule has 2 fully saturated rings. The Balaban J connectivity index is 1.53. The van der Waals surface area contributed by atoms with Gasteiger partial charge in [-0.15, -0.1) is 0 Å². The van der Waals surface area contributed by atoms with Crippen molar-refractivity contribution in [3.8, 4) is 5.75 Å². The Bertz CT molecular complexity index is 976. The summed E-state index contributed by atoms with van der Waals surface area (Å²) >= 11 is 0. The first-order chi connectivity index (χ1) is 15.9. The number of carbonyl (C=O) groups excluding carboxylic acids is 2. The minimum Gasteiger partial charge on any atom is -0.493 e. The molecule has 0 aliphatic carbocycles. The van der Waals surface area contributed by atoms with Crippen molar-refractivity contribution in [2.75, 3.05) is 32.8 Å². The minimum atomic E-state index is -0.565. The van der Waals surface area contributed by atoms with E-state index in [2.05, 4.69) is 0 Å². The Morgan fingerprint density at radius 3 is 2.33 bits per heavy atom. The van der Waals surface area contributed by atoms with Gasteiger partial charge in [-0.1, -0.05) is 6.07 Å². The fraction of sp³-hybridized carbons (Fsp3) is 0.462. The van der Waals surface area contributed by atoms with E-state index in [1.54, 1.807) is 23.1 Å². The van der Waals surface area contributed by atoms with E-state index in [-0.39, 0.29) is 30.7 Å². The van der Waals surface area contributed by atoms with Crippen LogP contribution in [0.1, 0.15) is 48.9 Å². The second-order valence-corrected chi connectivity index (χ2v) is 9.20. The maximum atomic E-state index is 13.7. The molecule has 176 valence electrons.